The van der Waals surface area contributed by atoms with Gasteiger partial charge in [-0.15, -0.1) is 0 Å². The van der Waals surface area contributed by atoms with Crippen molar-refractivity contribution < 1.29 is 39.2 Å². The zero-order valence-corrected chi connectivity index (χ0v) is 11.8. The highest BCUT2D eigenvalue weighted by molar-refractivity contribution is 7.53. The van der Waals surface area contributed by atoms with Gasteiger partial charge in [0.2, 0.25) is 0 Å². The molecule has 13 heteroatoms. The molecule has 10 N–H and O–H groups in total. The van der Waals surface area contributed by atoms with E-state index in [4.69, 9.17) is 21.3 Å². The normalized spacial score (nSPS) is 32.3. The van der Waals surface area contributed by atoms with Crippen LogP contribution < -0.4 is 11.5 Å². The quantitative estimate of drug-likeness (QED) is 0.253. The van der Waals surface area contributed by atoms with E-state index in [9.17, 15) is 29.4 Å². The van der Waals surface area contributed by atoms with E-state index in [0.29, 0.717) is 0 Å². The van der Waals surface area contributed by atoms with Crippen LogP contribution in [0.1, 0.15) is 16.3 Å². The number of ether oxygens (including phenoxy) is 1. The number of nitrogens with two attached hydrogens (primary N) is 2. The average Bonchev–Trinajstić information content (AvgIpc) is 2.90. The highest BCUT2D eigenvalue weighted by atomic mass is 31.2. The maximum Gasteiger partial charge on any atom is 0.367 e. The monoisotopic (exact) mass is 338 g/mol. The molecule has 2 heterocycles. The maximum atomic E-state index is 11.9. The predicted octanol–water partition coefficient (Wildman–Crippen LogP) is -3.47. The van der Waals surface area contributed by atoms with Crippen molar-refractivity contribution >= 4 is 19.3 Å². The summed E-state index contributed by atoms with van der Waals surface area (Å²) in [4.78, 5) is 36.1. The lowest BCUT2D eigenvalue weighted by Crippen LogP contribution is -2.41. The summed E-state index contributed by atoms with van der Waals surface area (Å²) in [5.74, 6) is -2.20. The van der Waals surface area contributed by atoms with Gasteiger partial charge in [-0.25, -0.2) is 4.98 Å². The molecule has 0 aliphatic carbocycles. The summed E-state index contributed by atoms with van der Waals surface area (Å²) in [6, 6.07) is 0. The van der Waals surface area contributed by atoms with Gasteiger partial charge < -0.3 is 46.3 Å². The maximum absolute atomic E-state index is 11.9. The minimum Gasteiger partial charge on any atom is -0.394 e. The average molecular weight is 338 g/mol. The number of aliphatic hydroxyl groups excluding tert-OH is 3. The number of carbonyl (C=O) groups excluding carboxylic acids is 1. The van der Waals surface area contributed by atoms with E-state index in [1.54, 1.807) is 0 Å². The molecule has 1 amide bonds. The highest BCUT2D eigenvalue weighted by Gasteiger charge is 2.67. The number of hydrogen-bond donors (Lipinski definition) is 8. The Morgan fingerprint density at radius 1 is 1.45 bits per heavy atom. The van der Waals surface area contributed by atoms with Crippen molar-refractivity contribution in [1.29, 1.82) is 0 Å². The van der Waals surface area contributed by atoms with E-state index >= 15 is 0 Å². The molecule has 2 rings (SSSR count). The van der Waals surface area contributed by atoms with Crippen molar-refractivity contribution in [2.24, 2.45) is 5.73 Å². The van der Waals surface area contributed by atoms with Crippen molar-refractivity contribution in [2.45, 2.75) is 23.7 Å². The number of nitrogen functional groups attached to an aromatic ring is 1. The Hall–Kier alpha value is -1.53. The third kappa shape index (κ3) is 2.21. The second kappa shape index (κ2) is 5.28. The second-order valence-electron chi connectivity index (χ2n) is 4.72. The van der Waals surface area contributed by atoms with Crippen LogP contribution in [0.15, 0.2) is 0 Å². The molecule has 1 aliphatic rings. The highest BCUT2D eigenvalue weighted by Crippen LogP contribution is 2.62. The van der Waals surface area contributed by atoms with Crippen LogP contribution in [0.4, 0.5) is 5.82 Å². The van der Waals surface area contributed by atoms with Crippen molar-refractivity contribution in [3.05, 3.63) is 11.5 Å². The number of nitrogens with zero attached hydrogens (tertiary/aromatic N) is 1. The van der Waals surface area contributed by atoms with E-state index in [2.05, 4.69) is 9.97 Å². The van der Waals surface area contributed by atoms with Crippen LogP contribution in [0, 0.1) is 0 Å². The standard InChI is InChI=1S/C9H15N4O8P/c10-6-3(7(11)17)12-8(13-6)9(22(18,19)20)5(16)4(15)2(1-14)21-9/h2,4-5,14-16H,1,10H2,(H2,11,17)(H,12,13)(H2,18,19,20)/t2-,4-,5-,9?/m1/s1. The number of rotatable bonds is 4. The van der Waals surface area contributed by atoms with Crippen LogP contribution in [0.2, 0.25) is 0 Å². The minimum absolute atomic E-state index is 0.444. The van der Waals surface area contributed by atoms with Crippen molar-refractivity contribution in [3.63, 3.8) is 0 Å². The summed E-state index contributed by atoms with van der Waals surface area (Å²) >= 11 is 0. The molecule has 1 aliphatic heterocycles. The molecule has 1 saturated heterocycles. The van der Waals surface area contributed by atoms with E-state index in [-0.39, 0.29) is 0 Å². The molecule has 4 atom stereocenters. The lowest BCUT2D eigenvalue weighted by molar-refractivity contribution is -0.0618. The molecular formula is C9H15N4O8P. The first-order valence-electron chi connectivity index (χ1n) is 5.92. The number of primary amides is 1. The van der Waals surface area contributed by atoms with Gasteiger partial charge in [-0.3, -0.25) is 9.36 Å². The topological polar surface area (TPSA) is 225 Å². The van der Waals surface area contributed by atoms with Crippen molar-refractivity contribution in [1.82, 2.24) is 9.97 Å². The van der Waals surface area contributed by atoms with Crippen LogP contribution in [-0.4, -0.2) is 65.9 Å². The third-order valence-electron chi connectivity index (χ3n) is 3.37. The number of imidazole rings is 1. The van der Waals surface area contributed by atoms with E-state index in [1.807, 2.05) is 0 Å². The molecule has 0 saturated carbocycles. The first-order valence-corrected chi connectivity index (χ1v) is 7.53. The zero-order chi connectivity index (χ0) is 16.9. The van der Waals surface area contributed by atoms with Gasteiger partial charge in [0, 0.05) is 0 Å². The van der Waals surface area contributed by atoms with Crippen molar-refractivity contribution in [2.75, 3.05) is 12.3 Å². The molecule has 124 valence electrons. The number of aromatic nitrogens is 2. The Bertz CT molecular complexity index is 644. The number of aliphatic hydroxyl groups is 3. The fourth-order valence-electron chi connectivity index (χ4n) is 2.27. The summed E-state index contributed by atoms with van der Waals surface area (Å²) < 4.78 is 16.9. The van der Waals surface area contributed by atoms with Gasteiger partial charge in [0.25, 0.3) is 11.2 Å². The molecule has 0 spiro atoms. The summed E-state index contributed by atoms with van der Waals surface area (Å²) in [6.07, 6.45) is -5.43. The zero-order valence-electron chi connectivity index (χ0n) is 10.9. The van der Waals surface area contributed by atoms with E-state index < -0.39 is 61.1 Å². The fraction of sp³-hybridized carbons (Fsp3) is 0.556. The SMILES string of the molecule is NC(=O)c1[nH]c(C2(P(=O)(O)O)O[C@H](CO)[C@@H](O)[C@H]2O)nc1N. The summed E-state index contributed by atoms with van der Waals surface area (Å²) in [7, 11) is -5.29. The van der Waals surface area contributed by atoms with Gasteiger partial charge in [0.05, 0.1) is 6.61 Å². The van der Waals surface area contributed by atoms with Crippen LogP contribution >= 0.6 is 7.60 Å². The molecule has 1 fully saturated rings. The van der Waals surface area contributed by atoms with Crippen LogP contribution in [-0.2, 0) is 14.6 Å². The fourth-order valence-corrected chi connectivity index (χ4v) is 3.42. The number of nitrogens with one attached hydrogen (secondary N) is 1. The number of aromatic amines is 1. The van der Waals surface area contributed by atoms with Gasteiger partial charge in [0.1, 0.15) is 24.0 Å². The number of anilines is 1. The molecule has 0 aromatic carbocycles. The summed E-state index contributed by atoms with van der Waals surface area (Å²) in [5.41, 5.74) is 9.99. The minimum atomic E-state index is -5.29. The molecule has 22 heavy (non-hydrogen) atoms. The number of carbonyl (C=O) groups is 1. The molecule has 1 unspecified atom stereocenters. The molecule has 0 bridgehead atoms. The van der Waals surface area contributed by atoms with Crippen molar-refractivity contribution in [3.8, 4) is 0 Å². The first-order chi connectivity index (χ1) is 10.1. The molecule has 1 aromatic heterocycles. The Labute approximate surface area is 122 Å². The Morgan fingerprint density at radius 3 is 2.41 bits per heavy atom. The first kappa shape index (κ1) is 16.8. The number of amides is 1. The Kier molecular flexibility index (Phi) is 4.04. The molecule has 0 radical (unpaired) electrons. The Morgan fingerprint density at radius 2 is 2.05 bits per heavy atom. The van der Waals surface area contributed by atoms with Gasteiger partial charge in [-0.1, -0.05) is 0 Å². The largest absolute Gasteiger partial charge is 0.394 e. The van der Waals surface area contributed by atoms with Gasteiger partial charge in [-0.05, 0) is 0 Å². The predicted molar refractivity (Wildman–Crippen MR) is 69.2 cm³/mol. The second-order valence-corrected chi connectivity index (χ2v) is 6.48. The lowest BCUT2D eigenvalue weighted by Gasteiger charge is -2.30. The van der Waals surface area contributed by atoms with Gasteiger partial charge in [0.15, 0.2) is 11.6 Å². The smallest absolute Gasteiger partial charge is 0.367 e. The number of H-pyrrole nitrogens is 1. The van der Waals surface area contributed by atoms with E-state index in [0.717, 1.165) is 0 Å². The molecule has 12 nitrogen and oxygen atoms in total. The summed E-state index contributed by atoms with van der Waals surface area (Å²) in [6.45, 7) is -0.821. The van der Waals surface area contributed by atoms with Crippen LogP contribution in [0.3, 0.4) is 0 Å². The van der Waals surface area contributed by atoms with E-state index in [1.165, 1.54) is 0 Å². The van der Waals surface area contributed by atoms with Gasteiger partial charge >= 0.3 is 7.60 Å². The van der Waals surface area contributed by atoms with Crippen LogP contribution in [0.25, 0.3) is 0 Å². The Balaban J connectivity index is 2.65. The van der Waals surface area contributed by atoms with Crippen LogP contribution in [0.5, 0.6) is 0 Å². The lowest BCUT2D eigenvalue weighted by atomic mass is 10.1. The molecule has 1 aromatic rings. The summed E-state index contributed by atoms with van der Waals surface area (Å²) in [5, 5.41) is 26.1. The third-order valence-corrected chi connectivity index (χ3v) is 4.81. The molecular weight excluding hydrogens is 323 g/mol. The number of hydrogen-bond acceptors (Lipinski definition) is 8. The van der Waals surface area contributed by atoms with Gasteiger partial charge in [-0.2, -0.15) is 0 Å².